The molecule has 0 atom stereocenters. The van der Waals surface area contributed by atoms with Crippen molar-refractivity contribution >= 4 is 40.2 Å². The molecule has 1 aliphatic rings. The largest absolute Gasteiger partial charge is 0.373 e. The number of nitrogens with zero attached hydrogens (tertiary/aromatic N) is 5. The van der Waals surface area contributed by atoms with E-state index in [1.54, 1.807) is 29.4 Å². The molecule has 3 aromatic heterocycles. The van der Waals surface area contributed by atoms with Crippen LogP contribution in [0.3, 0.4) is 0 Å². The topological polar surface area (TPSA) is 142 Å². The van der Waals surface area contributed by atoms with Gasteiger partial charge in [0.1, 0.15) is 11.5 Å². The van der Waals surface area contributed by atoms with E-state index in [0.29, 0.717) is 34.8 Å². The highest BCUT2D eigenvalue weighted by Crippen LogP contribution is 2.32. The van der Waals surface area contributed by atoms with Gasteiger partial charge in [0.2, 0.25) is 11.9 Å². The fourth-order valence-corrected chi connectivity index (χ4v) is 5.46. The molecule has 0 spiro atoms. The normalized spacial score (nSPS) is 13.5. The van der Waals surface area contributed by atoms with Crippen LogP contribution in [-0.4, -0.2) is 50.0 Å². The van der Waals surface area contributed by atoms with Gasteiger partial charge in [-0.3, -0.25) is 24.2 Å². The average molecular weight is 550 g/mol. The van der Waals surface area contributed by atoms with Crippen molar-refractivity contribution in [3.8, 4) is 0 Å². The zero-order chi connectivity index (χ0) is 28.6. The van der Waals surface area contributed by atoms with E-state index in [1.165, 1.54) is 6.92 Å². The van der Waals surface area contributed by atoms with Gasteiger partial charge in [-0.15, -0.1) is 0 Å². The molecule has 11 heteroatoms. The molecule has 0 bridgehead atoms. The summed E-state index contributed by atoms with van der Waals surface area (Å²) in [4.78, 5) is 52.6. The zero-order valence-electron chi connectivity index (χ0n) is 23.6. The van der Waals surface area contributed by atoms with Crippen molar-refractivity contribution in [2.24, 2.45) is 0 Å². The highest BCUT2D eigenvalue weighted by molar-refractivity contribution is 5.99. The molecule has 0 unspecified atom stereocenters. The van der Waals surface area contributed by atoms with E-state index < -0.39 is 0 Å². The minimum absolute atomic E-state index is 0.0251. The molecule has 0 aliphatic heterocycles. The molecule has 0 radical (unpaired) electrons. The number of unbranched alkanes of at least 4 members (excludes halogenated alkanes) is 4. The number of nitrogens with one attached hydrogen (secondary N) is 2. The Balaban J connectivity index is 1.41. The maximum atomic E-state index is 13.4. The van der Waals surface area contributed by atoms with Gasteiger partial charge in [0.05, 0.1) is 17.4 Å². The third-order valence-electron chi connectivity index (χ3n) is 7.70. The molecular weight excluding hydrogens is 510 g/mol. The van der Waals surface area contributed by atoms with Crippen molar-refractivity contribution in [1.82, 2.24) is 25.0 Å². The number of hydrogen-bond acceptors (Lipinski definition) is 9. The van der Waals surface area contributed by atoms with E-state index in [2.05, 4.69) is 20.2 Å². The molecule has 40 heavy (non-hydrogen) atoms. The summed E-state index contributed by atoms with van der Waals surface area (Å²) in [6.07, 6.45) is 12.6. The summed E-state index contributed by atoms with van der Waals surface area (Å²) in [7, 11) is 2.03. The Bertz CT molecular complexity index is 1400. The fraction of sp³-hybridized carbons (Fsp3) is 0.517. The first kappa shape index (κ1) is 29.1. The third kappa shape index (κ3) is 6.82. The summed E-state index contributed by atoms with van der Waals surface area (Å²) in [5, 5.41) is 12.4. The van der Waals surface area contributed by atoms with Crippen LogP contribution in [0.4, 0.5) is 17.5 Å². The first-order valence-electron chi connectivity index (χ1n) is 14.1. The van der Waals surface area contributed by atoms with Crippen LogP contribution in [0.2, 0.25) is 0 Å². The molecule has 4 rings (SSSR count). The van der Waals surface area contributed by atoms with Gasteiger partial charge in [-0.1, -0.05) is 32.1 Å². The lowest BCUT2D eigenvalue weighted by Gasteiger charge is -2.20. The van der Waals surface area contributed by atoms with Gasteiger partial charge in [0.15, 0.2) is 5.78 Å². The van der Waals surface area contributed by atoms with E-state index >= 15 is 0 Å². The Hall–Kier alpha value is -3.86. The van der Waals surface area contributed by atoms with Crippen molar-refractivity contribution < 1.29 is 14.8 Å². The molecule has 1 fully saturated rings. The molecule has 0 saturated heterocycles. The summed E-state index contributed by atoms with van der Waals surface area (Å²) in [5.74, 6) is 0.367. The predicted molar refractivity (Wildman–Crippen MR) is 154 cm³/mol. The predicted octanol–water partition coefficient (Wildman–Crippen LogP) is 4.84. The summed E-state index contributed by atoms with van der Waals surface area (Å²) in [5.41, 5.74) is 3.77. The Morgan fingerprint density at radius 1 is 1.07 bits per heavy atom. The highest BCUT2D eigenvalue weighted by Gasteiger charge is 2.25. The summed E-state index contributed by atoms with van der Waals surface area (Å²) < 4.78 is 1.70. The Labute approximate surface area is 234 Å². The SMILES string of the molecule is CC(=O)c1c(C)c2cnc(Nc3ccc(N(C)CCCCCCCC(=O)NO)cn3)nc2n(C2CCCC2)c1=O. The lowest BCUT2D eigenvalue weighted by molar-refractivity contribution is -0.129. The standard InChI is InChI=1S/C29H39N7O4/c1-19-23-18-31-29(33-27(23)36(21-11-8-9-12-21)28(39)26(19)20(2)37)32-24-15-14-22(17-30-24)35(3)16-10-6-4-5-7-13-25(38)34-40/h14-15,17-18,21,40H,4-13,16H2,1-3H3,(H,34,38)(H,30,31,32,33). The van der Waals surface area contributed by atoms with Gasteiger partial charge in [0.25, 0.3) is 5.56 Å². The van der Waals surface area contributed by atoms with Crippen LogP contribution in [-0.2, 0) is 4.79 Å². The summed E-state index contributed by atoms with van der Waals surface area (Å²) >= 11 is 0. The summed E-state index contributed by atoms with van der Waals surface area (Å²) in [6, 6.07) is 3.89. The fourth-order valence-electron chi connectivity index (χ4n) is 5.46. The van der Waals surface area contributed by atoms with E-state index in [1.807, 2.05) is 19.2 Å². The lowest BCUT2D eigenvalue weighted by atomic mass is 10.0. The van der Waals surface area contributed by atoms with E-state index in [0.717, 1.165) is 70.0 Å². The number of ketones is 1. The van der Waals surface area contributed by atoms with Crippen molar-refractivity contribution in [3.63, 3.8) is 0 Å². The van der Waals surface area contributed by atoms with Crippen molar-refractivity contribution in [3.05, 3.63) is 46.0 Å². The lowest BCUT2D eigenvalue weighted by Crippen LogP contribution is -2.30. The van der Waals surface area contributed by atoms with Crippen LogP contribution >= 0.6 is 0 Å². The Morgan fingerprint density at radius 2 is 1.80 bits per heavy atom. The van der Waals surface area contributed by atoms with Crippen LogP contribution in [0.15, 0.2) is 29.3 Å². The van der Waals surface area contributed by atoms with E-state index in [9.17, 15) is 14.4 Å². The quantitative estimate of drug-likeness (QED) is 0.118. The number of carbonyl (C=O) groups is 2. The van der Waals surface area contributed by atoms with Crippen molar-refractivity contribution in [2.75, 3.05) is 23.8 Å². The molecular formula is C29H39N7O4. The molecule has 1 saturated carbocycles. The van der Waals surface area contributed by atoms with Gasteiger partial charge in [0, 0.05) is 37.6 Å². The number of hydrogen-bond donors (Lipinski definition) is 3. The Kier molecular flexibility index (Phi) is 9.81. The number of aromatic nitrogens is 4. The number of rotatable bonds is 13. The molecule has 11 nitrogen and oxygen atoms in total. The second-order valence-corrected chi connectivity index (χ2v) is 10.6. The average Bonchev–Trinajstić information content (AvgIpc) is 3.47. The molecule has 3 aromatic rings. The molecule has 1 aliphatic carbocycles. The zero-order valence-corrected chi connectivity index (χ0v) is 23.6. The van der Waals surface area contributed by atoms with Gasteiger partial charge in [-0.05, 0) is 57.2 Å². The highest BCUT2D eigenvalue weighted by atomic mass is 16.5. The smallest absolute Gasteiger partial charge is 0.263 e. The number of amides is 1. The van der Waals surface area contributed by atoms with Crippen LogP contribution < -0.4 is 21.3 Å². The van der Waals surface area contributed by atoms with Crippen molar-refractivity contribution in [2.45, 2.75) is 84.1 Å². The number of Topliss-reactive ketones (excluding diaryl/α,β-unsaturated/α-hetero) is 1. The van der Waals surface area contributed by atoms with Crippen LogP contribution in [0.1, 0.15) is 93.1 Å². The number of carbonyl (C=O) groups excluding carboxylic acids is 2. The molecule has 0 aromatic carbocycles. The molecule has 1 amide bonds. The monoisotopic (exact) mass is 549 g/mol. The maximum absolute atomic E-state index is 13.4. The number of fused-ring (bicyclic) bond motifs is 1. The minimum Gasteiger partial charge on any atom is -0.373 e. The van der Waals surface area contributed by atoms with Crippen LogP contribution in [0.25, 0.3) is 11.0 Å². The number of anilines is 3. The van der Waals surface area contributed by atoms with Gasteiger partial charge in [-0.2, -0.15) is 4.98 Å². The third-order valence-corrected chi connectivity index (χ3v) is 7.70. The van der Waals surface area contributed by atoms with Crippen molar-refractivity contribution in [1.29, 1.82) is 0 Å². The molecule has 3 N–H and O–H groups in total. The molecule has 214 valence electrons. The number of hydroxylamine groups is 1. The minimum atomic E-state index is -0.333. The van der Waals surface area contributed by atoms with Gasteiger partial charge >= 0.3 is 0 Å². The first-order chi connectivity index (χ1) is 19.3. The van der Waals surface area contributed by atoms with Crippen LogP contribution in [0.5, 0.6) is 0 Å². The van der Waals surface area contributed by atoms with Gasteiger partial charge in [-0.25, -0.2) is 15.4 Å². The second-order valence-electron chi connectivity index (χ2n) is 10.6. The first-order valence-corrected chi connectivity index (χ1v) is 14.1. The maximum Gasteiger partial charge on any atom is 0.263 e. The number of aryl methyl sites for hydroxylation is 1. The van der Waals surface area contributed by atoms with Crippen LogP contribution in [0, 0.1) is 6.92 Å². The van der Waals surface area contributed by atoms with E-state index in [4.69, 9.17) is 10.2 Å². The van der Waals surface area contributed by atoms with Gasteiger partial charge < -0.3 is 10.2 Å². The number of pyridine rings is 2. The summed E-state index contributed by atoms with van der Waals surface area (Å²) in [6.45, 7) is 4.11. The van der Waals surface area contributed by atoms with E-state index in [-0.39, 0.29) is 28.9 Å². The molecule has 3 heterocycles. The second kappa shape index (κ2) is 13.5. The Morgan fingerprint density at radius 3 is 2.48 bits per heavy atom.